The first-order chi connectivity index (χ1) is 13.9. The smallest absolute Gasteiger partial charge is 0.264 e. The summed E-state index contributed by atoms with van der Waals surface area (Å²) >= 11 is 25.5. The van der Waals surface area contributed by atoms with E-state index < -0.39 is 0 Å². The fraction of sp³-hybridized carbons (Fsp3) is 0. The van der Waals surface area contributed by atoms with E-state index in [1.165, 1.54) is 11.8 Å². The lowest BCUT2D eigenvalue weighted by atomic mass is 10.2. The zero-order valence-electron chi connectivity index (χ0n) is 14.4. The Morgan fingerprint density at radius 1 is 0.931 bits per heavy atom. The fourth-order valence-corrected chi connectivity index (χ4v) is 4.28. The minimum absolute atomic E-state index is 0.275. The third-order valence-electron chi connectivity index (χ3n) is 3.89. The minimum atomic E-state index is -0.275. The number of aliphatic imine (C=N–C) groups is 1. The van der Waals surface area contributed by atoms with Crippen LogP contribution in [-0.2, 0) is 4.79 Å². The second-order valence-electron chi connectivity index (χ2n) is 5.88. The van der Waals surface area contributed by atoms with E-state index in [9.17, 15) is 4.79 Å². The Kier molecular flexibility index (Phi) is 5.95. The van der Waals surface area contributed by atoms with Gasteiger partial charge in [-0.1, -0.05) is 52.5 Å². The molecule has 1 fully saturated rings. The Morgan fingerprint density at radius 3 is 2.41 bits per heavy atom. The SMILES string of the molecule is O=C1NC(=Nc2ccc(Cl)c(Cl)c2)S/C1=C/c1ccc(-c2c(Cl)cccc2Cl)o1. The number of nitrogens with one attached hydrogen (secondary N) is 1. The molecule has 1 aliphatic heterocycles. The highest BCUT2D eigenvalue weighted by atomic mass is 35.5. The first-order valence-corrected chi connectivity index (χ1v) is 10.5. The maximum atomic E-state index is 12.3. The highest BCUT2D eigenvalue weighted by Crippen LogP contribution is 2.37. The summed E-state index contributed by atoms with van der Waals surface area (Å²) in [4.78, 5) is 17.1. The Labute approximate surface area is 190 Å². The number of carbonyl (C=O) groups is 1. The van der Waals surface area contributed by atoms with E-state index in [0.29, 0.717) is 52.9 Å². The molecule has 0 spiro atoms. The Balaban J connectivity index is 1.58. The number of furan rings is 1. The van der Waals surface area contributed by atoms with Crippen LogP contribution in [0.5, 0.6) is 0 Å². The van der Waals surface area contributed by atoms with E-state index in [4.69, 9.17) is 50.8 Å². The van der Waals surface area contributed by atoms with Gasteiger partial charge in [0.1, 0.15) is 11.5 Å². The summed E-state index contributed by atoms with van der Waals surface area (Å²) < 4.78 is 5.81. The average molecular weight is 484 g/mol. The monoisotopic (exact) mass is 482 g/mol. The molecule has 0 atom stereocenters. The number of carbonyl (C=O) groups excluding carboxylic acids is 1. The van der Waals surface area contributed by atoms with Crippen molar-refractivity contribution < 1.29 is 9.21 Å². The molecule has 2 heterocycles. The van der Waals surface area contributed by atoms with Crippen LogP contribution in [0.4, 0.5) is 5.69 Å². The molecule has 29 heavy (non-hydrogen) atoms. The van der Waals surface area contributed by atoms with Crippen molar-refractivity contribution in [1.29, 1.82) is 0 Å². The van der Waals surface area contributed by atoms with E-state index in [1.54, 1.807) is 54.6 Å². The van der Waals surface area contributed by atoms with Crippen LogP contribution in [0.25, 0.3) is 17.4 Å². The summed E-state index contributed by atoms with van der Waals surface area (Å²) in [7, 11) is 0. The van der Waals surface area contributed by atoms with Gasteiger partial charge in [0.2, 0.25) is 0 Å². The van der Waals surface area contributed by atoms with Gasteiger partial charge in [0.25, 0.3) is 5.91 Å². The van der Waals surface area contributed by atoms with Crippen molar-refractivity contribution in [3.8, 4) is 11.3 Å². The van der Waals surface area contributed by atoms with Gasteiger partial charge in [0, 0.05) is 6.08 Å². The Hall–Kier alpha value is -1.89. The molecule has 3 aromatic rings. The summed E-state index contributed by atoms with van der Waals surface area (Å²) in [6.07, 6.45) is 1.63. The predicted octanol–water partition coefficient (Wildman–Crippen LogP) is 7.45. The molecule has 1 amide bonds. The van der Waals surface area contributed by atoms with E-state index in [0.717, 1.165) is 0 Å². The molecule has 1 N–H and O–H groups in total. The lowest BCUT2D eigenvalue weighted by molar-refractivity contribution is -0.115. The van der Waals surface area contributed by atoms with Gasteiger partial charge in [0.15, 0.2) is 5.17 Å². The topological polar surface area (TPSA) is 54.6 Å². The molecule has 4 nitrogen and oxygen atoms in total. The first kappa shape index (κ1) is 20.4. The van der Waals surface area contributed by atoms with E-state index >= 15 is 0 Å². The number of hydrogen-bond donors (Lipinski definition) is 1. The summed E-state index contributed by atoms with van der Waals surface area (Å²) in [6, 6.07) is 13.7. The zero-order valence-corrected chi connectivity index (χ0v) is 18.2. The van der Waals surface area contributed by atoms with Crippen LogP contribution in [-0.4, -0.2) is 11.1 Å². The fourth-order valence-electron chi connectivity index (χ4n) is 2.58. The lowest BCUT2D eigenvalue weighted by Crippen LogP contribution is -2.19. The molecule has 0 aliphatic carbocycles. The molecule has 1 saturated heterocycles. The summed E-state index contributed by atoms with van der Waals surface area (Å²) in [6.45, 7) is 0. The number of amides is 1. The van der Waals surface area contributed by atoms with Crippen LogP contribution in [0.15, 0.2) is 62.8 Å². The van der Waals surface area contributed by atoms with Crippen molar-refractivity contribution in [2.75, 3.05) is 0 Å². The number of nitrogens with zero attached hydrogens (tertiary/aromatic N) is 1. The van der Waals surface area contributed by atoms with Crippen LogP contribution >= 0.6 is 58.2 Å². The molecule has 9 heteroatoms. The summed E-state index contributed by atoms with van der Waals surface area (Å²) in [5.74, 6) is 0.729. The zero-order chi connectivity index (χ0) is 20.5. The molecule has 0 radical (unpaired) electrons. The third-order valence-corrected chi connectivity index (χ3v) is 6.17. The minimum Gasteiger partial charge on any atom is -0.457 e. The van der Waals surface area contributed by atoms with Crippen molar-refractivity contribution in [3.05, 3.63) is 79.3 Å². The summed E-state index contributed by atoms with van der Waals surface area (Å²) in [5, 5.41) is 4.93. The van der Waals surface area contributed by atoms with Crippen molar-refractivity contribution in [1.82, 2.24) is 5.32 Å². The summed E-state index contributed by atoms with van der Waals surface area (Å²) in [5.41, 5.74) is 1.18. The number of thioether (sulfide) groups is 1. The van der Waals surface area contributed by atoms with Crippen molar-refractivity contribution in [3.63, 3.8) is 0 Å². The second-order valence-corrected chi connectivity index (χ2v) is 8.54. The van der Waals surface area contributed by atoms with Crippen molar-refractivity contribution >= 4 is 81.0 Å². The molecule has 0 bridgehead atoms. The first-order valence-electron chi connectivity index (χ1n) is 8.19. The molecule has 2 aromatic carbocycles. The van der Waals surface area contributed by atoms with Gasteiger partial charge in [-0.05, 0) is 54.2 Å². The largest absolute Gasteiger partial charge is 0.457 e. The number of hydrogen-bond acceptors (Lipinski definition) is 4. The van der Waals surface area contributed by atoms with Crippen LogP contribution in [0.3, 0.4) is 0 Å². The van der Waals surface area contributed by atoms with Crippen LogP contribution < -0.4 is 5.32 Å². The normalized spacial score (nSPS) is 16.6. The molecule has 146 valence electrons. The van der Waals surface area contributed by atoms with Gasteiger partial charge >= 0.3 is 0 Å². The Bertz CT molecular complexity index is 1170. The van der Waals surface area contributed by atoms with E-state index in [1.807, 2.05) is 0 Å². The van der Waals surface area contributed by atoms with Crippen molar-refractivity contribution in [2.24, 2.45) is 4.99 Å². The number of rotatable bonds is 3. The number of benzene rings is 2. The molecular formula is C20H10Cl4N2O2S. The highest BCUT2D eigenvalue weighted by Gasteiger charge is 2.24. The van der Waals surface area contributed by atoms with Gasteiger partial charge in [-0.3, -0.25) is 4.79 Å². The van der Waals surface area contributed by atoms with Crippen LogP contribution in [0.2, 0.25) is 20.1 Å². The average Bonchev–Trinajstić information content (AvgIpc) is 3.25. The second kappa shape index (κ2) is 8.46. The van der Waals surface area contributed by atoms with Crippen molar-refractivity contribution in [2.45, 2.75) is 0 Å². The van der Waals surface area contributed by atoms with Gasteiger partial charge < -0.3 is 9.73 Å². The molecular weight excluding hydrogens is 474 g/mol. The van der Waals surface area contributed by atoms with Gasteiger partial charge in [-0.25, -0.2) is 4.99 Å². The van der Waals surface area contributed by atoms with E-state index in [-0.39, 0.29) is 5.91 Å². The number of halogens is 4. The standard InChI is InChI=1S/C20H10Cl4N2O2S/c21-12-6-4-10(8-15(12)24)25-20-26-19(27)17(29-20)9-11-5-7-16(28-11)18-13(22)2-1-3-14(18)23/h1-9H,(H,25,26,27)/b17-9+. The molecule has 0 unspecified atom stereocenters. The van der Waals surface area contributed by atoms with Gasteiger partial charge in [-0.15, -0.1) is 0 Å². The lowest BCUT2D eigenvalue weighted by Gasteiger charge is -2.02. The molecule has 1 aromatic heterocycles. The quantitative estimate of drug-likeness (QED) is 0.393. The third kappa shape index (κ3) is 4.49. The van der Waals surface area contributed by atoms with Gasteiger partial charge in [0.05, 0.1) is 36.2 Å². The highest BCUT2D eigenvalue weighted by molar-refractivity contribution is 8.18. The van der Waals surface area contributed by atoms with Crippen LogP contribution in [0.1, 0.15) is 5.76 Å². The predicted molar refractivity (Wildman–Crippen MR) is 121 cm³/mol. The molecule has 1 aliphatic rings. The Morgan fingerprint density at radius 2 is 1.69 bits per heavy atom. The van der Waals surface area contributed by atoms with Gasteiger partial charge in [-0.2, -0.15) is 0 Å². The van der Waals surface area contributed by atoms with E-state index in [2.05, 4.69) is 10.3 Å². The number of amidine groups is 1. The maximum absolute atomic E-state index is 12.3. The molecule has 0 saturated carbocycles. The molecule has 4 rings (SSSR count). The maximum Gasteiger partial charge on any atom is 0.264 e. The van der Waals surface area contributed by atoms with Crippen LogP contribution in [0, 0.1) is 0 Å².